The zero-order valence-electron chi connectivity index (χ0n) is 12.5. The van der Waals surface area contributed by atoms with Crippen LogP contribution in [0, 0.1) is 0 Å². The zero-order chi connectivity index (χ0) is 15.9. The van der Waals surface area contributed by atoms with E-state index in [1.165, 1.54) is 7.11 Å². The van der Waals surface area contributed by atoms with Crippen molar-refractivity contribution in [1.29, 1.82) is 0 Å². The summed E-state index contributed by atoms with van der Waals surface area (Å²) in [5.41, 5.74) is 5.24. The predicted octanol–water partition coefficient (Wildman–Crippen LogP) is -0.000700. The van der Waals surface area contributed by atoms with Gasteiger partial charge in [0.1, 0.15) is 6.10 Å². The molecule has 0 saturated carbocycles. The lowest BCUT2D eigenvalue weighted by atomic mass is 10.1. The standard InChI is InChI=1S/C12H22ClN5O3/c1-12(2,7-21-6-8(19)5-20-3)15-4-9-16-11(14)10(13)18-17-9/h8,15,19H,4-7H2,1-3H3,(H2,14,16,17)/t8-/m1/s1. The van der Waals surface area contributed by atoms with Gasteiger partial charge in [-0.1, -0.05) is 11.6 Å². The molecule has 1 rings (SSSR count). The number of halogens is 1. The lowest BCUT2D eigenvalue weighted by molar-refractivity contribution is -0.0194. The van der Waals surface area contributed by atoms with Crippen molar-refractivity contribution in [3.05, 3.63) is 11.0 Å². The van der Waals surface area contributed by atoms with Gasteiger partial charge in [0.15, 0.2) is 16.8 Å². The van der Waals surface area contributed by atoms with Crippen LogP contribution < -0.4 is 11.1 Å². The summed E-state index contributed by atoms with van der Waals surface area (Å²) in [7, 11) is 1.53. The highest BCUT2D eigenvalue weighted by Crippen LogP contribution is 2.10. The SMILES string of the molecule is COC[C@@H](O)COCC(C)(C)NCc1nnc(Cl)c(N)n1. The number of hydrogen-bond acceptors (Lipinski definition) is 8. The summed E-state index contributed by atoms with van der Waals surface area (Å²) in [6.45, 7) is 5.17. The van der Waals surface area contributed by atoms with Crippen molar-refractivity contribution in [1.82, 2.24) is 20.5 Å². The van der Waals surface area contributed by atoms with E-state index in [0.29, 0.717) is 19.0 Å². The first-order valence-corrected chi connectivity index (χ1v) is 6.86. The minimum absolute atomic E-state index is 0.0912. The van der Waals surface area contributed by atoms with Crippen LogP contribution in [-0.2, 0) is 16.0 Å². The van der Waals surface area contributed by atoms with Crippen molar-refractivity contribution in [3.63, 3.8) is 0 Å². The Bertz CT molecular complexity index is 447. The van der Waals surface area contributed by atoms with Crippen LogP contribution in [0.5, 0.6) is 0 Å². The van der Waals surface area contributed by atoms with Gasteiger partial charge in [0, 0.05) is 12.6 Å². The molecule has 0 saturated heterocycles. The smallest absolute Gasteiger partial charge is 0.193 e. The topological polar surface area (TPSA) is 115 Å². The molecule has 0 aliphatic rings. The van der Waals surface area contributed by atoms with Crippen LogP contribution in [0.4, 0.5) is 5.82 Å². The first-order valence-electron chi connectivity index (χ1n) is 6.48. The van der Waals surface area contributed by atoms with Gasteiger partial charge in [-0.3, -0.25) is 0 Å². The number of ether oxygens (including phenoxy) is 2. The van der Waals surface area contributed by atoms with E-state index < -0.39 is 6.10 Å². The van der Waals surface area contributed by atoms with Gasteiger partial charge in [-0.25, -0.2) is 4.98 Å². The molecule has 0 spiro atoms. The highest BCUT2D eigenvalue weighted by molar-refractivity contribution is 6.31. The van der Waals surface area contributed by atoms with E-state index in [1.54, 1.807) is 0 Å². The molecule has 9 heteroatoms. The fraction of sp³-hybridized carbons (Fsp3) is 0.750. The average Bonchev–Trinajstić information content (AvgIpc) is 2.40. The molecule has 0 amide bonds. The van der Waals surface area contributed by atoms with E-state index in [1.807, 2.05) is 13.8 Å². The van der Waals surface area contributed by atoms with Crippen molar-refractivity contribution in [2.45, 2.75) is 32.0 Å². The molecule has 8 nitrogen and oxygen atoms in total. The first-order chi connectivity index (χ1) is 9.84. The average molecular weight is 320 g/mol. The molecule has 0 aromatic carbocycles. The fourth-order valence-corrected chi connectivity index (χ4v) is 1.58. The molecule has 1 atom stereocenters. The number of aromatic nitrogens is 3. The van der Waals surface area contributed by atoms with Crippen molar-refractivity contribution < 1.29 is 14.6 Å². The monoisotopic (exact) mass is 319 g/mol. The van der Waals surface area contributed by atoms with E-state index in [4.69, 9.17) is 26.8 Å². The van der Waals surface area contributed by atoms with Gasteiger partial charge in [0.25, 0.3) is 0 Å². The molecule has 21 heavy (non-hydrogen) atoms. The molecule has 1 aromatic heterocycles. The number of anilines is 1. The van der Waals surface area contributed by atoms with E-state index in [2.05, 4.69) is 20.5 Å². The number of nitrogens with two attached hydrogens (primary N) is 1. The van der Waals surface area contributed by atoms with Crippen LogP contribution in [0.25, 0.3) is 0 Å². The molecule has 0 fully saturated rings. The quantitative estimate of drug-likeness (QED) is 0.582. The molecule has 1 heterocycles. The minimum Gasteiger partial charge on any atom is -0.388 e. The Labute approximate surface area is 129 Å². The number of aliphatic hydroxyl groups is 1. The Hall–Kier alpha value is -1.06. The number of hydrogen-bond donors (Lipinski definition) is 3. The van der Waals surface area contributed by atoms with Crippen LogP contribution in [0.2, 0.25) is 5.15 Å². The first kappa shape index (κ1) is 18.0. The summed E-state index contributed by atoms with van der Waals surface area (Å²) < 4.78 is 10.3. The second kappa shape index (κ2) is 8.40. The second-order valence-corrected chi connectivity index (χ2v) is 5.62. The summed E-state index contributed by atoms with van der Waals surface area (Å²) >= 11 is 5.66. The normalized spacial score (nSPS) is 13.4. The van der Waals surface area contributed by atoms with Crippen LogP contribution >= 0.6 is 11.6 Å². The Morgan fingerprint density at radius 3 is 2.71 bits per heavy atom. The van der Waals surface area contributed by atoms with Gasteiger partial charge in [0.05, 0.1) is 26.4 Å². The number of nitrogens with one attached hydrogen (secondary N) is 1. The number of rotatable bonds is 9. The molecule has 4 N–H and O–H groups in total. The molecular weight excluding hydrogens is 298 g/mol. The van der Waals surface area contributed by atoms with Crippen LogP contribution in [0.1, 0.15) is 19.7 Å². The summed E-state index contributed by atoms with van der Waals surface area (Å²) in [5, 5.41) is 20.3. The molecule has 0 aliphatic carbocycles. The van der Waals surface area contributed by atoms with E-state index in [0.717, 1.165) is 0 Å². The van der Waals surface area contributed by atoms with Gasteiger partial charge >= 0.3 is 0 Å². The van der Waals surface area contributed by atoms with Gasteiger partial charge < -0.3 is 25.6 Å². The fourth-order valence-electron chi connectivity index (χ4n) is 1.50. The molecule has 120 valence electrons. The number of aliphatic hydroxyl groups excluding tert-OH is 1. The Morgan fingerprint density at radius 2 is 2.10 bits per heavy atom. The van der Waals surface area contributed by atoms with E-state index in [-0.39, 0.29) is 29.7 Å². The summed E-state index contributed by atoms with van der Waals surface area (Å²) in [5.74, 6) is 0.601. The minimum atomic E-state index is -0.630. The van der Waals surface area contributed by atoms with Crippen molar-refractivity contribution in [2.75, 3.05) is 32.7 Å². The molecule has 0 radical (unpaired) electrons. The van der Waals surface area contributed by atoms with Gasteiger partial charge in [-0.15, -0.1) is 10.2 Å². The lowest BCUT2D eigenvalue weighted by Crippen LogP contribution is -2.44. The summed E-state index contributed by atoms with van der Waals surface area (Å²) in [6, 6.07) is 0. The summed E-state index contributed by atoms with van der Waals surface area (Å²) in [6.07, 6.45) is -0.630. The van der Waals surface area contributed by atoms with E-state index >= 15 is 0 Å². The number of methoxy groups -OCH3 is 1. The summed E-state index contributed by atoms with van der Waals surface area (Å²) in [4.78, 5) is 4.02. The lowest BCUT2D eigenvalue weighted by Gasteiger charge is -2.26. The Kier molecular flexibility index (Phi) is 7.20. The maximum absolute atomic E-state index is 9.49. The third-order valence-corrected chi connectivity index (χ3v) is 2.84. The van der Waals surface area contributed by atoms with Crippen molar-refractivity contribution in [2.24, 2.45) is 0 Å². The van der Waals surface area contributed by atoms with Gasteiger partial charge in [0.2, 0.25) is 0 Å². The number of nitrogen functional groups attached to an aromatic ring is 1. The van der Waals surface area contributed by atoms with Crippen LogP contribution in [0.15, 0.2) is 0 Å². The molecule has 1 aromatic rings. The zero-order valence-corrected chi connectivity index (χ0v) is 13.2. The van der Waals surface area contributed by atoms with Crippen molar-refractivity contribution in [3.8, 4) is 0 Å². The Morgan fingerprint density at radius 1 is 1.38 bits per heavy atom. The van der Waals surface area contributed by atoms with Crippen LogP contribution in [-0.4, -0.2) is 58.9 Å². The van der Waals surface area contributed by atoms with E-state index in [9.17, 15) is 5.11 Å². The molecule has 0 aliphatic heterocycles. The maximum Gasteiger partial charge on any atom is 0.193 e. The van der Waals surface area contributed by atoms with Crippen molar-refractivity contribution >= 4 is 17.4 Å². The Balaban J connectivity index is 2.36. The van der Waals surface area contributed by atoms with Gasteiger partial charge in [-0.05, 0) is 13.8 Å². The number of nitrogens with zero attached hydrogens (tertiary/aromatic N) is 3. The highest BCUT2D eigenvalue weighted by Gasteiger charge is 2.19. The third-order valence-electron chi connectivity index (χ3n) is 2.57. The third kappa shape index (κ3) is 6.96. The maximum atomic E-state index is 9.49. The highest BCUT2D eigenvalue weighted by atomic mass is 35.5. The molecule has 0 unspecified atom stereocenters. The second-order valence-electron chi connectivity index (χ2n) is 5.27. The predicted molar refractivity (Wildman–Crippen MR) is 78.9 cm³/mol. The van der Waals surface area contributed by atoms with Gasteiger partial charge in [-0.2, -0.15) is 0 Å². The molecular formula is C12H22ClN5O3. The van der Waals surface area contributed by atoms with Crippen LogP contribution in [0.3, 0.4) is 0 Å². The largest absolute Gasteiger partial charge is 0.388 e. The molecule has 0 bridgehead atoms.